The third-order valence-corrected chi connectivity index (χ3v) is 3.51. The molecule has 114 valence electrons. The summed E-state index contributed by atoms with van der Waals surface area (Å²) in [5.74, 6) is -0.170. The quantitative estimate of drug-likeness (QED) is 0.633. The van der Waals surface area contributed by atoms with Gasteiger partial charge < -0.3 is 15.0 Å². The number of carbonyl (C=O) groups excluding carboxylic acids is 1. The maximum absolute atomic E-state index is 12.7. The Bertz CT molecular complexity index is 543. The molecule has 1 N–H and O–H groups in total. The number of nitro benzene ring substituents is 1. The van der Waals surface area contributed by atoms with Crippen LogP contribution in [0.5, 0.6) is 5.75 Å². The number of ether oxygens (including phenoxy) is 1. The van der Waals surface area contributed by atoms with Crippen LogP contribution in [0.1, 0.15) is 24.2 Å². The molecule has 1 heterocycles. The highest BCUT2D eigenvalue weighted by atomic mass is 16.6. The Kier molecular flexibility index (Phi) is 4.74. The lowest BCUT2D eigenvalue weighted by Crippen LogP contribution is -2.58. The first-order valence-electron chi connectivity index (χ1n) is 7.02. The van der Waals surface area contributed by atoms with Crippen LogP contribution < -0.4 is 10.1 Å². The van der Waals surface area contributed by atoms with Gasteiger partial charge in [0, 0.05) is 25.7 Å². The molecule has 7 nitrogen and oxygen atoms in total. The van der Waals surface area contributed by atoms with E-state index in [2.05, 4.69) is 5.32 Å². The van der Waals surface area contributed by atoms with Crippen LogP contribution in [0.3, 0.4) is 0 Å². The Morgan fingerprint density at radius 2 is 2.19 bits per heavy atom. The van der Waals surface area contributed by atoms with Gasteiger partial charge in [-0.25, -0.2) is 0 Å². The highest BCUT2D eigenvalue weighted by Gasteiger charge is 2.31. The molecular weight excluding hydrogens is 274 g/mol. The van der Waals surface area contributed by atoms with Crippen molar-refractivity contribution in [2.24, 2.45) is 0 Å². The molecule has 1 aromatic rings. The predicted molar refractivity (Wildman–Crippen MR) is 77.6 cm³/mol. The topological polar surface area (TPSA) is 84.7 Å². The third-order valence-electron chi connectivity index (χ3n) is 3.51. The maximum atomic E-state index is 12.7. The number of likely N-dealkylation sites (N-methyl/N-ethyl adjacent to an activating group) is 1. The molecule has 1 aliphatic heterocycles. The molecule has 1 aliphatic rings. The number of nitro groups is 1. The van der Waals surface area contributed by atoms with Gasteiger partial charge >= 0.3 is 5.69 Å². The SMILES string of the molecule is CCOc1c(C(=O)N(CC)C2CNC2)cccc1[N+](=O)[O-]. The van der Waals surface area contributed by atoms with Crippen LogP contribution in [0, 0.1) is 10.1 Å². The van der Waals surface area contributed by atoms with Crippen molar-refractivity contribution in [1.29, 1.82) is 0 Å². The largest absolute Gasteiger partial charge is 0.487 e. The number of carbonyl (C=O) groups is 1. The number of hydrogen-bond acceptors (Lipinski definition) is 5. The number of nitrogens with zero attached hydrogens (tertiary/aromatic N) is 2. The van der Waals surface area contributed by atoms with Crippen molar-refractivity contribution in [2.75, 3.05) is 26.2 Å². The molecule has 1 fully saturated rings. The summed E-state index contributed by atoms with van der Waals surface area (Å²) in [4.78, 5) is 25.0. The van der Waals surface area contributed by atoms with Gasteiger partial charge in [0.15, 0.2) is 0 Å². The van der Waals surface area contributed by atoms with Gasteiger partial charge in [-0.1, -0.05) is 6.07 Å². The molecular formula is C14H19N3O4. The minimum Gasteiger partial charge on any atom is -0.487 e. The Labute approximate surface area is 123 Å². The Balaban J connectivity index is 2.39. The van der Waals surface area contributed by atoms with E-state index in [9.17, 15) is 14.9 Å². The van der Waals surface area contributed by atoms with E-state index in [1.165, 1.54) is 12.1 Å². The number of amides is 1. The zero-order valence-corrected chi connectivity index (χ0v) is 12.2. The van der Waals surface area contributed by atoms with Crippen LogP contribution in [0.2, 0.25) is 0 Å². The van der Waals surface area contributed by atoms with Crippen LogP contribution >= 0.6 is 0 Å². The third kappa shape index (κ3) is 2.97. The van der Waals surface area contributed by atoms with Crippen molar-refractivity contribution in [3.8, 4) is 5.75 Å². The van der Waals surface area contributed by atoms with E-state index in [0.717, 1.165) is 13.1 Å². The van der Waals surface area contributed by atoms with Crippen LogP contribution in [0.4, 0.5) is 5.69 Å². The summed E-state index contributed by atoms with van der Waals surface area (Å²) in [7, 11) is 0. The Morgan fingerprint density at radius 3 is 2.67 bits per heavy atom. The molecule has 7 heteroatoms. The summed E-state index contributed by atoms with van der Waals surface area (Å²) < 4.78 is 5.37. The normalized spacial score (nSPS) is 14.4. The Hall–Kier alpha value is -2.15. The fraction of sp³-hybridized carbons (Fsp3) is 0.500. The molecule has 0 aromatic heterocycles. The molecule has 0 spiro atoms. The fourth-order valence-electron chi connectivity index (χ4n) is 2.35. The average Bonchev–Trinajstić information content (AvgIpc) is 2.42. The van der Waals surface area contributed by atoms with Gasteiger partial charge in [-0.3, -0.25) is 14.9 Å². The van der Waals surface area contributed by atoms with E-state index in [4.69, 9.17) is 4.74 Å². The first kappa shape index (κ1) is 15.2. The van der Waals surface area contributed by atoms with Crippen LogP contribution in [-0.4, -0.2) is 48.0 Å². The summed E-state index contributed by atoms with van der Waals surface area (Å²) in [6, 6.07) is 4.58. The van der Waals surface area contributed by atoms with Gasteiger partial charge in [-0.2, -0.15) is 0 Å². The number of hydrogen-bond donors (Lipinski definition) is 1. The lowest BCUT2D eigenvalue weighted by molar-refractivity contribution is -0.385. The zero-order valence-electron chi connectivity index (χ0n) is 12.2. The summed E-state index contributed by atoms with van der Waals surface area (Å²) >= 11 is 0. The van der Waals surface area contributed by atoms with Gasteiger partial charge in [0.25, 0.3) is 5.91 Å². The van der Waals surface area contributed by atoms with Crippen molar-refractivity contribution in [1.82, 2.24) is 10.2 Å². The summed E-state index contributed by atoms with van der Waals surface area (Å²) in [5, 5.41) is 14.2. The molecule has 0 aliphatic carbocycles. The standard InChI is InChI=1S/C14H19N3O4/c1-3-16(10-8-15-9-10)14(18)11-6-5-7-12(17(19)20)13(11)21-4-2/h5-7,10,15H,3-4,8-9H2,1-2H3. The molecule has 0 atom stereocenters. The maximum Gasteiger partial charge on any atom is 0.311 e. The molecule has 1 aromatic carbocycles. The zero-order chi connectivity index (χ0) is 15.4. The van der Waals surface area contributed by atoms with Crippen molar-refractivity contribution in [3.63, 3.8) is 0 Å². The second-order valence-corrected chi connectivity index (χ2v) is 4.75. The van der Waals surface area contributed by atoms with Gasteiger partial charge in [0.2, 0.25) is 5.75 Å². The van der Waals surface area contributed by atoms with Gasteiger partial charge in [0.1, 0.15) is 0 Å². The number of benzene rings is 1. The lowest BCUT2D eigenvalue weighted by Gasteiger charge is -2.37. The fourth-order valence-corrected chi connectivity index (χ4v) is 2.35. The first-order valence-corrected chi connectivity index (χ1v) is 7.02. The van der Waals surface area contributed by atoms with Crippen molar-refractivity contribution in [3.05, 3.63) is 33.9 Å². The predicted octanol–water partition coefficient (Wildman–Crippen LogP) is 1.43. The minimum atomic E-state index is -0.525. The van der Waals surface area contributed by atoms with E-state index >= 15 is 0 Å². The monoisotopic (exact) mass is 293 g/mol. The highest BCUT2D eigenvalue weighted by Crippen LogP contribution is 2.32. The van der Waals surface area contributed by atoms with Gasteiger partial charge in [-0.05, 0) is 19.9 Å². The van der Waals surface area contributed by atoms with Crippen LogP contribution in [-0.2, 0) is 0 Å². The second kappa shape index (κ2) is 6.53. The molecule has 0 unspecified atom stereocenters. The smallest absolute Gasteiger partial charge is 0.311 e. The number of rotatable bonds is 6. The molecule has 1 amide bonds. The van der Waals surface area contributed by atoms with E-state index in [-0.39, 0.29) is 35.6 Å². The van der Waals surface area contributed by atoms with E-state index in [1.807, 2.05) is 6.92 Å². The van der Waals surface area contributed by atoms with Gasteiger partial charge in [0.05, 0.1) is 23.1 Å². The van der Waals surface area contributed by atoms with E-state index in [0.29, 0.717) is 6.54 Å². The summed E-state index contributed by atoms with van der Waals surface area (Å²) in [6.07, 6.45) is 0. The molecule has 0 bridgehead atoms. The van der Waals surface area contributed by atoms with Crippen molar-refractivity contribution >= 4 is 11.6 Å². The van der Waals surface area contributed by atoms with Crippen molar-refractivity contribution < 1.29 is 14.5 Å². The number of para-hydroxylation sites is 1. The molecule has 0 saturated carbocycles. The molecule has 0 radical (unpaired) electrons. The Morgan fingerprint density at radius 1 is 1.48 bits per heavy atom. The number of nitrogens with one attached hydrogen (secondary N) is 1. The molecule has 1 saturated heterocycles. The lowest BCUT2D eigenvalue weighted by atomic mass is 10.1. The summed E-state index contributed by atoms with van der Waals surface area (Å²) in [6.45, 7) is 5.95. The van der Waals surface area contributed by atoms with Crippen LogP contribution in [0.15, 0.2) is 18.2 Å². The van der Waals surface area contributed by atoms with E-state index < -0.39 is 4.92 Å². The highest BCUT2D eigenvalue weighted by molar-refractivity contribution is 5.98. The first-order chi connectivity index (χ1) is 10.1. The van der Waals surface area contributed by atoms with Crippen molar-refractivity contribution in [2.45, 2.75) is 19.9 Å². The minimum absolute atomic E-state index is 0.0562. The van der Waals surface area contributed by atoms with Gasteiger partial charge in [-0.15, -0.1) is 0 Å². The molecule has 21 heavy (non-hydrogen) atoms. The average molecular weight is 293 g/mol. The second-order valence-electron chi connectivity index (χ2n) is 4.75. The molecule has 2 rings (SSSR count). The van der Waals surface area contributed by atoms with Crippen LogP contribution in [0.25, 0.3) is 0 Å². The van der Waals surface area contributed by atoms with E-state index in [1.54, 1.807) is 17.9 Å². The summed E-state index contributed by atoms with van der Waals surface area (Å²) in [5.41, 5.74) is 0.0743.